The molecule has 1 aliphatic heterocycles. The molecule has 0 aromatic heterocycles. The average molecular weight is 1060 g/mol. The van der Waals surface area contributed by atoms with Gasteiger partial charge in [0.1, 0.15) is 5.57 Å². The Hall–Kier alpha value is -2.92. The third kappa shape index (κ3) is 36.9. The summed E-state index contributed by atoms with van der Waals surface area (Å²) in [6.07, 6.45) is 77.1. The highest BCUT2D eigenvalue weighted by Gasteiger charge is 2.28. The van der Waals surface area contributed by atoms with E-state index in [1.54, 1.807) is 0 Å². The molecule has 3 rings (SSSR count). The van der Waals surface area contributed by atoms with Crippen molar-refractivity contribution in [1.82, 2.24) is 0 Å². The second-order valence-electron chi connectivity index (χ2n) is 24.5. The Labute approximate surface area is 481 Å². The van der Waals surface area contributed by atoms with Gasteiger partial charge in [-0.1, -0.05) is 365 Å². The standard InChI is InChI=1S/C75H126N2/c1-4-7-10-12-14-16-18-20-22-24-26-28-30-31-32-33-35-36-38-40-42-44-46-48-50-52-55-60-70-62-58-65-72(67-70)75-73(68-74(77(75)76)71-64-57-61-69(66-71)59-54-9-6-3)63-56-53-51-49-47-45-43-41-39-37-34-29-27-25-23-21-19-17-15-13-11-8-5-2/h57-58,61-62,64-68H,4-55,59-60H2,1-3H3. The van der Waals surface area contributed by atoms with E-state index >= 15 is 0 Å². The quantitative estimate of drug-likeness (QED) is 0.0358. The monoisotopic (exact) mass is 1050 g/mol. The van der Waals surface area contributed by atoms with Crippen molar-refractivity contribution in [1.29, 1.82) is 0 Å². The molecule has 2 nitrogen and oxygen atoms in total. The number of unbranched alkanes of at least 4 members (excludes halogenated alkanes) is 49. The van der Waals surface area contributed by atoms with Crippen LogP contribution in [0.25, 0.3) is 16.9 Å². The zero-order valence-electron chi connectivity index (χ0n) is 51.8. The van der Waals surface area contributed by atoms with Gasteiger partial charge in [0.05, 0.1) is 0 Å². The van der Waals surface area contributed by atoms with Crippen LogP contribution in [-0.4, -0.2) is 4.70 Å². The molecule has 2 heteroatoms. The Kier molecular flexibility index (Phi) is 45.5. The Morgan fingerprint density at radius 1 is 0.325 bits per heavy atom. The van der Waals surface area contributed by atoms with E-state index < -0.39 is 0 Å². The summed E-state index contributed by atoms with van der Waals surface area (Å²) >= 11 is 0. The van der Waals surface area contributed by atoms with Crippen LogP contribution >= 0.6 is 0 Å². The number of rotatable bonds is 55. The van der Waals surface area contributed by atoms with Crippen molar-refractivity contribution in [3.05, 3.63) is 88.0 Å². The summed E-state index contributed by atoms with van der Waals surface area (Å²) in [5.74, 6) is 7.11. The van der Waals surface area contributed by atoms with Crippen LogP contribution in [0.5, 0.6) is 0 Å². The van der Waals surface area contributed by atoms with Crippen molar-refractivity contribution in [2.75, 3.05) is 0 Å². The van der Waals surface area contributed by atoms with Crippen LogP contribution in [0.3, 0.4) is 0 Å². The van der Waals surface area contributed by atoms with Gasteiger partial charge in [0.15, 0.2) is 0 Å². The summed E-state index contributed by atoms with van der Waals surface area (Å²) in [7, 11) is 0. The summed E-state index contributed by atoms with van der Waals surface area (Å²) in [5.41, 5.74) is 19.4. The molecule has 0 N–H and O–H groups in total. The van der Waals surface area contributed by atoms with Crippen molar-refractivity contribution in [2.45, 2.75) is 367 Å². The van der Waals surface area contributed by atoms with Crippen LogP contribution < -0.4 is 0 Å². The third-order valence-electron chi connectivity index (χ3n) is 17.2. The number of nitrogens with zero attached hydrogens (tertiary/aromatic N) is 2. The fourth-order valence-electron chi connectivity index (χ4n) is 12.0. The van der Waals surface area contributed by atoms with Gasteiger partial charge in [-0.2, -0.15) is 0 Å². The predicted octanol–water partition coefficient (Wildman–Crippen LogP) is 25.9. The van der Waals surface area contributed by atoms with E-state index in [0.29, 0.717) is 0 Å². The van der Waals surface area contributed by atoms with Crippen molar-refractivity contribution in [2.24, 2.45) is 0 Å². The Morgan fingerprint density at radius 3 is 0.948 bits per heavy atom. The number of benzene rings is 2. The molecule has 77 heavy (non-hydrogen) atoms. The minimum Gasteiger partial charge on any atom is -0.493 e. The topological polar surface area (TPSA) is 25.3 Å². The molecule has 0 atom stereocenters. The highest BCUT2D eigenvalue weighted by atomic mass is 15.2. The van der Waals surface area contributed by atoms with Crippen LogP contribution in [-0.2, 0) is 12.8 Å². The van der Waals surface area contributed by atoms with E-state index in [0.717, 1.165) is 53.8 Å². The minimum absolute atomic E-state index is 0.838. The maximum atomic E-state index is 11.9. The first-order valence-corrected chi connectivity index (χ1v) is 34.8. The molecule has 2 aromatic rings. The van der Waals surface area contributed by atoms with Crippen molar-refractivity contribution in [3.63, 3.8) is 0 Å². The molecule has 0 unspecified atom stereocenters. The lowest BCUT2D eigenvalue weighted by atomic mass is 10.00. The summed E-state index contributed by atoms with van der Waals surface area (Å²) in [6.45, 7) is 6.88. The van der Waals surface area contributed by atoms with Crippen molar-refractivity contribution < 1.29 is 4.70 Å². The highest BCUT2D eigenvalue weighted by Crippen LogP contribution is 2.36. The van der Waals surface area contributed by atoms with Gasteiger partial charge >= 0.3 is 0 Å². The molecule has 0 amide bonds. The van der Waals surface area contributed by atoms with Crippen molar-refractivity contribution in [3.8, 4) is 11.8 Å². The third-order valence-corrected chi connectivity index (χ3v) is 17.2. The average Bonchev–Trinajstić information content (AvgIpc) is 3.78. The van der Waals surface area contributed by atoms with E-state index in [9.17, 15) is 5.53 Å². The van der Waals surface area contributed by atoms with Gasteiger partial charge in [-0.25, -0.2) is 4.70 Å². The van der Waals surface area contributed by atoms with Crippen LogP contribution in [0, 0.1) is 11.8 Å². The zero-order chi connectivity index (χ0) is 54.6. The van der Waals surface area contributed by atoms with E-state index in [4.69, 9.17) is 0 Å². The van der Waals surface area contributed by atoms with Crippen LogP contribution in [0.4, 0.5) is 0 Å². The summed E-state index contributed by atoms with van der Waals surface area (Å²) < 4.78 is 1.44. The van der Waals surface area contributed by atoms with Crippen LogP contribution in [0.1, 0.15) is 377 Å². The molecule has 436 valence electrons. The number of allylic oxidation sites excluding steroid dienone is 2. The largest absolute Gasteiger partial charge is 0.493 e. The van der Waals surface area contributed by atoms with E-state index in [1.807, 2.05) is 0 Å². The molecule has 0 radical (unpaired) electrons. The number of hydrogen-bond donors (Lipinski definition) is 0. The first-order chi connectivity index (χ1) is 38.2. The summed E-state index contributed by atoms with van der Waals surface area (Å²) in [6, 6.07) is 17.8. The van der Waals surface area contributed by atoms with Crippen LogP contribution in [0.15, 0.2) is 60.2 Å². The van der Waals surface area contributed by atoms with E-state index in [1.165, 1.54) is 337 Å². The maximum absolute atomic E-state index is 11.9. The lowest BCUT2D eigenvalue weighted by Crippen LogP contribution is -2.03. The number of aryl methyl sites for hydroxylation is 2. The molecule has 0 saturated carbocycles. The van der Waals surface area contributed by atoms with Gasteiger partial charge in [-0.3, -0.25) is 0 Å². The Bertz CT molecular complexity index is 1800. The van der Waals surface area contributed by atoms with E-state index in [-0.39, 0.29) is 0 Å². The normalized spacial score (nSPS) is 12.5. The van der Waals surface area contributed by atoms with Crippen molar-refractivity contribution >= 4 is 11.4 Å². The molecule has 2 aromatic carbocycles. The van der Waals surface area contributed by atoms with Gasteiger partial charge in [0.25, 0.3) is 0 Å². The Morgan fingerprint density at radius 2 is 0.597 bits per heavy atom. The molecular weight excluding hydrogens is 929 g/mol. The van der Waals surface area contributed by atoms with Gasteiger partial charge in [-0.15, -0.1) is 0 Å². The molecule has 1 aliphatic rings. The van der Waals surface area contributed by atoms with Gasteiger partial charge in [0, 0.05) is 23.6 Å². The lowest BCUT2D eigenvalue weighted by Gasteiger charge is -2.11. The molecule has 0 bridgehead atoms. The van der Waals surface area contributed by atoms with Crippen LogP contribution in [0.2, 0.25) is 0 Å². The molecule has 1 heterocycles. The summed E-state index contributed by atoms with van der Waals surface area (Å²) in [5, 5.41) is 0. The zero-order valence-corrected chi connectivity index (χ0v) is 51.8. The molecular formula is C75H126N2. The van der Waals surface area contributed by atoms with E-state index in [2.05, 4.69) is 87.2 Å². The first-order valence-electron chi connectivity index (χ1n) is 34.8. The maximum Gasteiger partial charge on any atom is 0.223 e. The van der Waals surface area contributed by atoms with Gasteiger partial charge < -0.3 is 5.53 Å². The lowest BCUT2D eigenvalue weighted by molar-refractivity contribution is -0.344. The summed E-state index contributed by atoms with van der Waals surface area (Å²) in [4.78, 5) is 0. The fourth-order valence-corrected chi connectivity index (χ4v) is 12.0. The molecule has 0 saturated heterocycles. The smallest absolute Gasteiger partial charge is 0.223 e. The second-order valence-corrected chi connectivity index (χ2v) is 24.5. The Balaban J connectivity index is 1.27. The van der Waals surface area contributed by atoms with Gasteiger partial charge in [-0.05, 0) is 67.5 Å². The molecule has 0 aliphatic carbocycles. The second kappa shape index (κ2) is 51.2. The van der Waals surface area contributed by atoms with Gasteiger partial charge in [0.2, 0.25) is 11.4 Å². The molecule has 0 spiro atoms. The molecule has 0 fully saturated rings. The fraction of sp³-hybridized carbons (Fsp3) is 0.760. The first kappa shape index (κ1) is 68.4. The predicted molar refractivity (Wildman–Crippen MR) is 344 cm³/mol. The minimum atomic E-state index is 0.838. The SMILES string of the molecule is CCCCCCCCCCCCCCCCCCCCCCCC#CC1=C(c2cccc(CCCCCCCCCCCCCCCCCCCCCCCCCCCCC)c2)[N+](=[N-])C(c2cccc(CCCCC)c2)=C1. The number of hydrogen-bond acceptors (Lipinski definition) is 0. The highest BCUT2D eigenvalue weighted by molar-refractivity contribution is 5.82.